The fraction of sp³-hybridized carbons (Fsp3) is 0.929. The Balaban J connectivity index is 1.61. The summed E-state index contributed by atoms with van der Waals surface area (Å²) in [5, 5.41) is 12.4. The standard InChI is InChI=1S/C14H26N2O3/c1-2-7-16-8-5-11(6-9-16)15-10-12-3-4-13(19-12)14(17)18/h11-13,15H,2-10H2,1H3,(H,17,18). The Morgan fingerprint density at radius 3 is 2.63 bits per heavy atom. The fourth-order valence-corrected chi connectivity index (χ4v) is 3.01. The molecular weight excluding hydrogens is 244 g/mol. The van der Waals surface area contributed by atoms with Gasteiger partial charge in [0.2, 0.25) is 0 Å². The van der Waals surface area contributed by atoms with E-state index in [-0.39, 0.29) is 6.10 Å². The molecule has 2 aliphatic rings. The van der Waals surface area contributed by atoms with Gasteiger partial charge in [-0.1, -0.05) is 6.92 Å². The third-order valence-corrected chi connectivity index (χ3v) is 4.14. The van der Waals surface area contributed by atoms with Gasteiger partial charge in [-0.2, -0.15) is 0 Å². The fourth-order valence-electron chi connectivity index (χ4n) is 3.01. The summed E-state index contributed by atoms with van der Waals surface area (Å²) >= 11 is 0. The molecule has 0 aromatic rings. The van der Waals surface area contributed by atoms with E-state index in [9.17, 15) is 4.79 Å². The number of likely N-dealkylation sites (tertiary alicyclic amines) is 1. The van der Waals surface area contributed by atoms with Gasteiger partial charge in [0, 0.05) is 12.6 Å². The molecule has 0 aliphatic carbocycles. The van der Waals surface area contributed by atoms with Crippen molar-refractivity contribution in [3.05, 3.63) is 0 Å². The summed E-state index contributed by atoms with van der Waals surface area (Å²) < 4.78 is 5.50. The first-order chi connectivity index (χ1) is 9.19. The maximum absolute atomic E-state index is 10.8. The Kier molecular flexibility index (Phi) is 5.60. The average Bonchev–Trinajstić information content (AvgIpc) is 2.87. The van der Waals surface area contributed by atoms with E-state index in [0.29, 0.717) is 12.5 Å². The molecule has 0 radical (unpaired) electrons. The van der Waals surface area contributed by atoms with E-state index in [1.165, 1.54) is 38.9 Å². The quantitative estimate of drug-likeness (QED) is 0.756. The molecule has 0 aromatic heterocycles. The first kappa shape index (κ1) is 14.8. The molecule has 2 unspecified atom stereocenters. The van der Waals surface area contributed by atoms with Crippen LogP contribution < -0.4 is 5.32 Å². The first-order valence-electron chi connectivity index (χ1n) is 7.53. The van der Waals surface area contributed by atoms with Gasteiger partial charge < -0.3 is 20.1 Å². The monoisotopic (exact) mass is 270 g/mol. The van der Waals surface area contributed by atoms with Crippen molar-refractivity contribution in [1.82, 2.24) is 10.2 Å². The third-order valence-electron chi connectivity index (χ3n) is 4.14. The third kappa shape index (κ3) is 4.44. The molecule has 19 heavy (non-hydrogen) atoms. The molecular formula is C14H26N2O3. The maximum atomic E-state index is 10.8. The molecule has 5 nitrogen and oxygen atoms in total. The van der Waals surface area contributed by atoms with Gasteiger partial charge in [0.1, 0.15) is 0 Å². The molecule has 0 amide bonds. The molecule has 2 saturated heterocycles. The van der Waals surface area contributed by atoms with Crippen LogP contribution in [0, 0.1) is 0 Å². The van der Waals surface area contributed by atoms with Crippen LogP contribution in [0.25, 0.3) is 0 Å². The summed E-state index contributed by atoms with van der Waals surface area (Å²) in [7, 11) is 0. The molecule has 2 rings (SSSR count). The SMILES string of the molecule is CCCN1CCC(NCC2CCC(C(=O)O)O2)CC1. The Labute approximate surface area is 115 Å². The Hall–Kier alpha value is -0.650. The summed E-state index contributed by atoms with van der Waals surface area (Å²) in [5.41, 5.74) is 0. The van der Waals surface area contributed by atoms with Crippen molar-refractivity contribution >= 4 is 5.97 Å². The van der Waals surface area contributed by atoms with Crippen molar-refractivity contribution in [3.8, 4) is 0 Å². The predicted octanol–water partition coefficient (Wildman–Crippen LogP) is 1.08. The predicted molar refractivity (Wildman–Crippen MR) is 73.3 cm³/mol. The van der Waals surface area contributed by atoms with Gasteiger partial charge in [0.15, 0.2) is 6.10 Å². The topological polar surface area (TPSA) is 61.8 Å². The zero-order chi connectivity index (χ0) is 13.7. The van der Waals surface area contributed by atoms with Gasteiger partial charge in [0.25, 0.3) is 0 Å². The van der Waals surface area contributed by atoms with Crippen molar-refractivity contribution in [1.29, 1.82) is 0 Å². The van der Waals surface area contributed by atoms with E-state index in [4.69, 9.17) is 9.84 Å². The van der Waals surface area contributed by atoms with Gasteiger partial charge >= 0.3 is 5.97 Å². The van der Waals surface area contributed by atoms with E-state index in [2.05, 4.69) is 17.1 Å². The van der Waals surface area contributed by atoms with Crippen LogP contribution in [-0.2, 0) is 9.53 Å². The largest absolute Gasteiger partial charge is 0.479 e. The lowest BCUT2D eigenvalue weighted by molar-refractivity contribution is -0.149. The van der Waals surface area contributed by atoms with E-state index < -0.39 is 12.1 Å². The van der Waals surface area contributed by atoms with Gasteiger partial charge in [-0.05, 0) is 51.7 Å². The second-order valence-electron chi connectivity index (χ2n) is 5.69. The molecule has 0 spiro atoms. The molecule has 0 aromatic carbocycles. The normalized spacial score (nSPS) is 29.7. The summed E-state index contributed by atoms with van der Waals surface area (Å²) in [6.07, 6.45) is 4.61. The lowest BCUT2D eigenvalue weighted by atomic mass is 10.0. The van der Waals surface area contributed by atoms with Crippen molar-refractivity contribution in [2.45, 2.75) is 57.3 Å². The number of nitrogens with one attached hydrogen (secondary N) is 1. The number of ether oxygens (including phenoxy) is 1. The summed E-state index contributed by atoms with van der Waals surface area (Å²) in [5.74, 6) is -0.824. The summed E-state index contributed by atoms with van der Waals surface area (Å²) in [4.78, 5) is 13.3. The van der Waals surface area contributed by atoms with E-state index >= 15 is 0 Å². The zero-order valence-electron chi connectivity index (χ0n) is 11.8. The van der Waals surface area contributed by atoms with Gasteiger partial charge in [0.05, 0.1) is 6.10 Å². The van der Waals surface area contributed by atoms with Crippen LogP contribution in [0.1, 0.15) is 39.0 Å². The number of nitrogens with zero attached hydrogens (tertiary/aromatic N) is 1. The molecule has 2 aliphatic heterocycles. The smallest absolute Gasteiger partial charge is 0.332 e. The molecule has 2 atom stereocenters. The molecule has 2 N–H and O–H groups in total. The van der Waals surface area contributed by atoms with Crippen LogP contribution in [0.2, 0.25) is 0 Å². The highest BCUT2D eigenvalue weighted by Crippen LogP contribution is 2.20. The minimum atomic E-state index is -0.824. The van der Waals surface area contributed by atoms with Crippen LogP contribution in [-0.4, -0.2) is 60.4 Å². The molecule has 2 heterocycles. The van der Waals surface area contributed by atoms with Crippen LogP contribution in [0.5, 0.6) is 0 Å². The number of rotatable bonds is 6. The Morgan fingerprint density at radius 2 is 2.05 bits per heavy atom. The number of hydrogen-bond acceptors (Lipinski definition) is 4. The van der Waals surface area contributed by atoms with Crippen molar-refractivity contribution in [3.63, 3.8) is 0 Å². The number of aliphatic carboxylic acids is 1. The van der Waals surface area contributed by atoms with E-state index in [1.54, 1.807) is 0 Å². The minimum Gasteiger partial charge on any atom is -0.479 e. The highest BCUT2D eigenvalue weighted by molar-refractivity contribution is 5.72. The number of piperidine rings is 1. The highest BCUT2D eigenvalue weighted by atomic mass is 16.5. The molecule has 2 fully saturated rings. The highest BCUT2D eigenvalue weighted by Gasteiger charge is 2.30. The second-order valence-corrected chi connectivity index (χ2v) is 5.69. The minimum absolute atomic E-state index is 0.0785. The van der Waals surface area contributed by atoms with Crippen molar-refractivity contribution in [2.75, 3.05) is 26.2 Å². The zero-order valence-corrected chi connectivity index (χ0v) is 11.8. The number of carboxylic acids is 1. The maximum Gasteiger partial charge on any atom is 0.332 e. The van der Waals surface area contributed by atoms with Crippen LogP contribution in [0.15, 0.2) is 0 Å². The van der Waals surface area contributed by atoms with E-state index in [0.717, 1.165) is 13.0 Å². The molecule has 110 valence electrons. The Bertz CT molecular complexity index is 290. The van der Waals surface area contributed by atoms with Crippen LogP contribution >= 0.6 is 0 Å². The van der Waals surface area contributed by atoms with E-state index in [1.807, 2.05) is 0 Å². The van der Waals surface area contributed by atoms with Gasteiger partial charge in [-0.3, -0.25) is 0 Å². The molecule has 5 heteroatoms. The van der Waals surface area contributed by atoms with Crippen molar-refractivity contribution in [2.24, 2.45) is 0 Å². The van der Waals surface area contributed by atoms with Crippen LogP contribution in [0.3, 0.4) is 0 Å². The first-order valence-corrected chi connectivity index (χ1v) is 7.53. The summed E-state index contributed by atoms with van der Waals surface area (Å²) in [6, 6.07) is 0.570. The van der Waals surface area contributed by atoms with Gasteiger partial charge in [-0.15, -0.1) is 0 Å². The molecule has 0 saturated carbocycles. The number of carboxylic acid groups (broad SMARTS) is 1. The van der Waals surface area contributed by atoms with Crippen LogP contribution in [0.4, 0.5) is 0 Å². The average molecular weight is 270 g/mol. The molecule has 0 bridgehead atoms. The number of carbonyl (C=O) groups is 1. The van der Waals surface area contributed by atoms with Gasteiger partial charge in [-0.25, -0.2) is 4.79 Å². The van der Waals surface area contributed by atoms with Crippen molar-refractivity contribution < 1.29 is 14.6 Å². The number of hydrogen-bond donors (Lipinski definition) is 2. The summed E-state index contributed by atoms with van der Waals surface area (Å²) in [6.45, 7) is 6.57. The lowest BCUT2D eigenvalue weighted by Crippen LogP contribution is -2.44. The second kappa shape index (κ2) is 7.22. The Morgan fingerprint density at radius 1 is 1.32 bits per heavy atom. The lowest BCUT2D eigenvalue weighted by Gasteiger charge is -2.32.